The van der Waals surface area contributed by atoms with Gasteiger partial charge in [0.25, 0.3) is 0 Å². The molecule has 0 bridgehead atoms. The monoisotopic (exact) mass is 1040 g/mol. The van der Waals surface area contributed by atoms with Crippen LogP contribution in [0.2, 0.25) is 0 Å². The summed E-state index contributed by atoms with van der Waals surface area (Å²) in [5, 5.41) is 13.1. The number of nitrogens with zero attached hydrogens (tertiary/aromatic N) is 3. The van der Waals surface area contributed by atoms with Gasteiger partial charge in [-0.1, -0.05) is 185 Å². The van der Waals surface area contributed by atoms with E-state index >= 15 is 0 Å². The van der Waals surface area contributed by atoms with Gasteiger partial charge in [-0.2, -0.15) is 0 Å². The van der Waals surface area contributed by atoms with E-state index in [1.54, 1.807) is 42.5 Å². The number of phenolic OH excluding ortho intramolecular Hbond substituents is 1. The van der Waals surface area contributed by atoms with E-state index in [4.69, 9.17) is 39.3 Å². The van der Waals surface area contributed by atoms with Gasteiger partial charge < -0.3 is 5.11 Å². The molecule has 6 aromatic carbocycles. The summed E-state index contributed by atoms with van der Waals surface area (Å²) >= 11 is 0. The minimum absolute atomic E-state index is 0. The Labute approximate surface area is 426 Å². The number of hydrogen-bond acceptors (Lipinski definition) is 3. The van der Waals surface area contributed by atoms with Gasteiger partial charge >= 0.3 is 0 Å². The maximum atomic E-state index is 13.1. The molecule has 0 saturated heterocycles. The fraction of sp³-hybridized carbons (Fsp3) is 0.276. The Hall–Kier alpha value is -5.57. The van der Waals surface area contributed by atoms with Crippen LogP contribution in [0.1, 0.15) is 141 Å². The SMILES string of the molecule is [2H]c1nc(-c2[c-]c(-c3cccc4c3nc(-c3cc(C(C([2H])([2H])[2H])(C([2H])([2H])[2H])C([2H])([2H])[2H])cc(C(C([2H])([2H])[2H])(C([2H])([2H])[2H])C([2H])([2H])[2H])c3O)n4-c3ccc(-c4ccccc4)cc3C(C)(C)C)cc(C(C)(C)C)c2)c([2H])c(-c2c([2H])c([2H])c([2H])c([2H])c2[2H])c1[2H].[Pt]. The minimum Gasteiger partial charge on any atom is -0.507 e. The van der Waals surface area contributed by atoms with Gasteiger partial charge in [0.1, 0.15) is 11.6 Å². The second-order valence-electron chi connectivity index (χ2n) is 17.4. The van der Waals surface area contributed by atoms with Gasteiger partial charge in [-0.15, -0.1) is 29.3 Å². The fourth-order valence-corrected chi connectivity index (χ4v) is 7.41. The fourth-order valence-electron chi connectivity index (χ4n) is 7.41. The number of aromatic hydroxyl groups is 1. The third kappa shape index (κ3) is 9.11. The molecule has 2 aromatic heterocycles. The van der Waals surface area contributed by atoms with E-state index in [0.717, 1.165) is 5.56 Å². The number of imidazole rings is 1. The molecule has 63 heavy (non-hydrogen) atoms. The molecule has 0 saturated carbocycles. The van der Waals surface area contributed by atoms with Crippen molar-refractivity contribution in [1.82, 2.24) is 14.5 Å². The molecular formula is C58H60N3OPt-. The molecule has 5 heteroatoms. The standard InChI is InChI=1S/C58H60N3O.Pt/c1-55(2,3)43-31-41(30-42(32-43)49-34-40(28-29-59-49)38-22-17-14-18-23-38)45-24-19-25-51-52(45)60-54(46-35-44(56(4,5)6)36-48(53(46)62)58(10,11)12)61(51)50-27-26-39(33-47(50)57(7,8)9)37-20-15-13-16-21-37;/h13-29,31-36,62H,1-12H3;/q-1;/i4D3,5D3,6D3,10D3,11D3,12D3,14D,17D,18D,22D,23D,28D,29D,34D;. The van der Waals surface area contributed by atoms with Crippen LogP contribution in [0.4, 0.5) is 0 Å². The molecule has 0 radical (unpaired) electrons. The molecule has 0 atom stereocenters. The molecule has 8 rings (SSSR count). The largest absolute Gasteiger partial charge is 0.507 e. The Balaban J connectivity index is 0.0000113. The summed E-state index contributed by atoms with van der Waals surface area (Å²) < 4.78 is 229. The van der Waals surface area contributed by atoms with Crippen LogP contribution in [0.5, 0.6) is 5.75 Å². The van der Waals surface area contributed by atoms with E-state index in [2.05, 4.69) is 11.1 Å². The smallest absolute Gasteiger partial charge is 0.148 e. The van der Waals surface area contributed by atoms with Crippen LogP contribution in [0, 0.1) is 6.07 Å². The molecule has 0 fully saturated rings. The Morgan fingerprint density at radius 2 is 1.30 bits per heavy atom. The average Bonchev–Trinajstić information content (AvgIpc) is 1.18. The summed E-state index contributed by atoms with van der Waals surface area (Å²) in [5.41, 5.74) is -12.0. The van der Waals surface area contributed by atoms with Crippen LogP contribution in [0.15, 0.2) is 139 Å². The number of rotatable bonds is 6. The Bertz CT molecular complexity index is 3980. The van der Waals surface area contributed by atoms with Crippen LogP contribution in [-0.2, 0) is 42.7 Å². The van der Waals surface area contributed by atoms with Gasteiger partial charge in [0.2, 0.25) is 0 Å². The van der Waals surface area contributed by atoms with Crippen LogP contribution in [0.25, 0.3) is 72.7 Å². The summed E-state index contributed by atoms with van der Waals surface area (Å²) in [7, 11) is 0. The Kier molecular flexibility index (Phi) is 6.12. The zero-order valence-corrected chi connectivity index (χ0v) is 37.5. The number of para-hydroxylation sites is 1. The maximum Gasteiger partial charge on any atom is 0.148 e. The predicted molar refractivity (Wildman–Crippen MR) is 261 cm³/mol. The first-order valence-corrected chi connectivity index (χ1v) is 19.7. The van der Waals surface area contributed by atoms with Crippen LogP contribution >= 0.6 is 0 Å². The summed E-state index contributed by atoms with van der Waals surface area (Å²) in [6.45, 7) is -13.9. The van der Waals surface area contributed by atoms with E-state index < -0.39 is 151 Å². The van der Waals surface area contributed by atoms with E-state index in [1.165, 1.54) is 4.57 Å². The number of benzene rings is 6. The molecule has 0 amide bonds. The molecule has 0 aliphatic rings. The van der Waals surface area contributed by atoms with Gasteiger partial charge in [-0.3, -0.25) is 9.55 Å². The summed E-state index contributed by atoms with van der Waals surface area (Å²) in [6, 6.07) is 21.4. The van der Waals surface area contributed by atoms with Crippen molar-refractivity contribution in [2.75, 3.05) is 0 Å². The van der Waals surface area contributed by atoms with Gasteiger partial charge in [-0.25, -0.2) is 4.98 Å². The maximum absolute atomic E-state index is 13.1. The summed E-state index contributed by atoms with van der Waals surface area (Å²) in [4.78, 5) is 9.41. The van der Waals surface area contributed by atoms with Gasteiger partial charge in [-0.05, 0) is 85.3 Å². The van der Waals surface area contributed by atoms with E-state index in [-0.39, 0.29) is 66.2 Å². The van der Waals surface area contributed by atoms with Crippen molar-refractivity contribution >= 4 is 11.0 Å². The second kappa shape index (κ2) is 16.9. The van der Waals surface area contributed by atoms with E-state index in [1.807, 2.05) is 77.9 Å². The third-order valence-corrected chi connectivity index (χ3v) is 10.6. The number of pyridine rings is 1. The summed E-state index contributed by atoms with van der Waals surface area (Å²) in [6.07, 6.45) is -0.734. The van der Waals surface area contributed by atoms with Crippen LogP contribution in [0.3, 0.4) is 0 Å². The Morgan fingerprint density at radius 1 is 0.603 bits per heavy atom. The first kappa shape index (κ1) is 22.9. The first-order chi connectivity index (χ1) is 40.0. The zero-order chi connectivity index (χ0) is 66.3. The zero-order valence-electron chi connectivity index (χ0n) is 61.3. The molecule has 324 valence electrons. The van der Waals surface area contributed by atoms with Crippen molar-refractivity contribution < 1.29 is 61.8 Å². The molecule has 0 aliphatic heterocycles. The quantitative estimate of drug-likeness (QED) is 0.169. The minimum atomic E-state index is -4.23. The third-order valence-electron chi connectivity index (χ3n) is 10.6. The average molecular weight is 1040 g/mol. The second-order valence-corrected chi connectivity index (χ2v) is 17.4. The summed E-state index contributed by atoms with van der Waals surface area (Å²) in [5.74, 6) is -2.02. The number of phenols is 1. The van der Waals surface area contributed by atoms with E-state index in [9.17, 15) is 6.48 Å². The normalized spacial score (nSPS) is 19.6. The molecule has 0 spiro atoms. The van der Waals surface area contributed by atoms with Gasteiger partial charge in [0, 0.05) is 63.2 Å². The predicted octanol–water partition coefficient (Wildman–Crippen LogP) is 15.4. The molecule has 0 aliphatic carbocycles. The number of aromatic nitrogens is 3. The van der Waals surface area contributed by atoms with Gasteiger partial charge in [0.05, 0.1) is 33.3 Å². The van der Waals surface area contributed by atoms with Crippen molar-refractivity contribution in [2.45, 2.75) is 104 Å². The number of hydrogen-bond donors (Lipinski definition) is 1. The molecule has 1 N–H and O–H groups in total. The molecular weight excluding hydrogens is 950 g/mol. The molecule has 0 unspecified atom stereocenters. The van der Waals surface area contributed by atoms with Crippen molar-refractivity contribution in [2.24, 2.45) is 0 Å². The van der Waals surface area contributed by atoms with Crippen molar-refractivity contribution in [3.63, 3.8) is 0 Å². The van der Waals surface area contributed by atoms with Gasteiger partial charge in [0.15, 0.2) is 0 Å². The Morgan fingerprint density at radius 3 is 1.98 bits per heavy atom. The molecule has 8 aromatic rings. The molecule has 2 heterocycles. The first-order valence-electron chi connectivity index (χ1n) is 32.7. The van der Waals surface area contributed by atoms with Crippen LogP contribution < -0.4 is 0 Å². The topological polar surface area (TPSA) is 50.9 Å². The molecule has 4 nitrogen and oxygen atoms in total. The van der Waals surface area contributed by atoms with Crippen molar-refractivity contribution in [1.29, 1.82) is 0 Å². The number of fused-ring (bicyclic) bond motifs is 1. The van der Waals surface area contributed by atoms with Crippen LogP contribution in [-0.4, -0.2) is 19.6 Å². The van der Waals surface area contributed by atoms with Crippen molar-refractivity contribution in [3.8, 4) is 67.5 Å². The van der Waals surface area contributed by atoms with E-state index in [0.29, 0.717) is 22.8 Å². The van der Waals surface area contributed by atoms with Crippen molar-refractivity contribution in [3.05, 3.63) is 168 Å².